The van der Waals surface area contributed by atoms with Gasteiger partial charge < -0.3 is 25.0 Å². The fraction of sp³-hybridized carbons (Fsp3) is 0.459. The molecule has 4 heterocycles. The Morgan fingerprint density at radius 3 is 2.49 bits per heavy atom. The molecule has 290 valence electrons. The molecule has 1 atom stereocenters. The highest BCUT2D eigenvalue weighted by molar-refractivity contribution is 6.33. The van der Waals surface area contributed by atoms with Gasteiger partial charge in [-0.15, -0.1) is 5.10 Å². The van der Waals surface area contributed by atoms with Crippen LogP contribution in [0.15, 0.2) is 41.5 Å². The summed E-state index contributed by atoms with van der Waals surface area (Å²) in [4.78, 5) is 70.2. The van der Waals surface area contributed by atoms with Crippen LogP contribution in [0.1, 0.15) is 83.8 Å². The molecule has 2 aliphatic carbocycles. The smallest absolute Gasteiger partial charge is 0.337 e. The zero-order chi connectivity index (χ0) is 39.2. The molecule has 0 bridgehead atoms. The molecule has 55 heavy (non-hydrogen) atoms. The molecule has 18 heteroatoms. The molecule has 14 nitrogen and oxygen atoms in total. The average molecular weight is 781 g/mol. The number of carbonyl (C=O) groups is 3. The second-order valence-electron chi connectivity index (χ2n) is 14.6. The highest BCUT2D eigenvalue weighted by atomic mass is 35.5. The molecule has 3 aliphatic rings. The Hall–Kier alpha value is -5.32. The van der Waals surface area contributed by atoms with Gasteiger partial charge >= 0.3 is 12.2 Å². The van der Waals surface area contributed by atoms with Crippen molar-refractivity contribution >= 4 is 46.5 Å². The summed E-state index contributed by atoms with van der Waals surface area (Å²) in [7, 11) is 3.34. The number of piperidine rings is 1. The third-order valence-corrected chi connectivity index (χ3v) is 11.1. The molecule has 4 amide bonds. The predicted molar refractivity (Wildman–Crippen MR) is 197 cm³/mol. The minimum atomic E-state index is -4.61. The van der Waals surface area contributed by atoms with Crippen molar-refractivity contribution in [3.05, 3.63) is 86.1 Å². The maximum atomic E-state index is 14.6. The van der Waals surface area contributed by atoms with Gasteiger partial charge in [-0.25, -0.2) is 14.8 Å². The third kappa shape index (κ3) is 7.53. The van der Waals surface area contributed by atoms with Crippen LogP contribution in [0, 0.1) is 6.92 Å². The molecule has 1 fully saturated rings. The molecule has 0 radical (unpaired) electrons. The summed E-state index contributed by atoms with van der Waals surface area (Å²) < 4.78 is 42.8. The molecule has 0 saturated carbocycles. The number of benzene rings is 1. The van der Waals surface area contributed by atoms with Gasteiger partial charge in [-0.3, -0.25) is 14.4 Å². The van der Waals surface area contributed by atoms with Gasteiger partial charge in [-0.05, 0) is 88.1 Å². The number of allylic oxidation sites excluding steroid dienone is 1. The first kappa shape index (κ1) is 38.0. The summed E-state index contributed by atoms with van der Waals surface area (Å²) >= 11 is 6.18. The van der Waals surface area contributed by atoms with Crippen molar-refractivity contribution in [3.63, 3.8) is 0 Å². The lowest BCUT2D eigenvalue weighted by Crippen LogP contribution is -2.50. The van der Waals surface area contributed by atoms with Crippen molar-refractivity contribution in [3.8, 4) is 0 Å². The first-order chi connectivity index (χ1) is 26.1. The van der Waals surface area contributed by atoms with E-state index in [-0.39, 0.29) is 46.6 Å². The number of nitrogens with one attached hydrogen (secondary N) is 2. The Bertz CT molecular complexity index is 2280. The van der Waals surface area contributed by atoms with Crippen LogP contribution >= 0.6 is 11.6 Å². The fourth-order valence-corrected chi connectivity index (χ4v) is 8.11. The number of alkyl halides is 3. The van der Waals surface area contributed by atoms with Gasteiger partial charge in [-0.2, -0.15) is 22.7 Å². The Morgan fingerprint density at radius 2 is 1.84 bits per heavy atom. The zero-order valence-electron chi connectivity index (χ0n) is 30.5. The van der Waals surface area contributed by atoms with E-state index in [9.17, 15) is 32.3 Å². The number of hydrogen-bond donors (Lipinski definition) is 2. The number of anilines is 1. The molecule has 1 unspecified atom stereocenters. The van der Waals surface area contributed by atoms with E-state index in [1.165, 1.54) is 15.7 Å². The number of urea groups is 1. The van der Waals surface area contributed by atoms with Crippen LogP contribution in [0.2, 0.25) is 5.02 Å². The largest absolute Gasteiger partial charge is 0.416 e. The highest BCUT2D eigenvalue weighted by Gasteiger charge is 2.44. The van der Waals surface area contributed by atoms with Crippen molar-refractivity contribution in [2.75, 3.05) is 32.5 Å². The number of amides is 4. The van der Waals surface area contributed by atoms with Crippen molar-refractivity contribution in [1.82, 2.24) is 44.2 Å². The van der Waals surface area contributed by atoms with E-state index in [0.717, 1.165) is 23.8 Å². The number of hydrogen-bond acceptors (Lipinski definition) is 8. The lowest BCUT2D eigenvalue weighted by Gasteiger charge is -2.45. The Kier molecular flexibility index (Phi) is 10.2. The number of aromatic nitrogens is 6. The average Bonchev–Trinajstić information content (AvgIpc) is 3.60. The van der Waals surface area contributed by atoms with Crippen LogP contribution in [0.25, 0.3) is 11.4 Å². The quantitative estimate of drug-likeness (QED) is 0.276. The normalized spacial score (nSPS) is 18.1. The molecule has 4 aromatic rings. The minimum absolute atomic E-state index is 0.00317. The van der Waals surface area contributed by atoms with Crippen LogP contribution < -0.4 is 16.2 Å². The summed E-state index contributed by atoms with van der Waals surface area (Å²) in [6.07, 6.45) is 3.26. The van der Waals surface area contributed by atoms with E-state index < -0.39 is 23.1 Å². The molecular formula is C37H40ClF3N10O4. The second-order valence-corrected chi connectivity index (χ2v) is 15.0. The van der Waals surface area contributed by atoms with E-state index in [1.54, 1.807) is 36.6 Å². The van der Waals surface area contributed by atoms with E-state index in [1.807, 2.05) is 6.08 Å². The summed E-state index contributed by atoms with van der Waals surface area (Å²) in [5.41, 5.74) is 1.03. The number of likely N-dealkylation sites (tertiary alicyclic amines) is 1. The molecule has 1 saturated heterocycles. The lowest BCUT2D eigenvalue weighted by molar-refractivity contribution is -0.137. The van der Waals surface area contributed by atoms with Crippen molar-refractivity contribution in [2.24, 2.45) is 0 Å². The number of halogens is 4. The van der Waals surface area contributed by atoms with Crippen LogP contribution in [-0.2, 0) is 29.4 Å². The van der Waals surface area contributed by atoms with E-state index in [2.05, 4.69) is 20.6 Å². The maximum Gasteiger partial charge on any atom is 0.416 e. The summed E-state index contributed by atoms with van der Waals surface area (Å²) in [6, 6.07) is 4.06. The molecule has 1 spiro atoms. The number of rotatable bonds is 6. The topological polar surface area (TPSA) is 160 Å². The summed E-state index contributed by atoms with van der Waals surface area (Å²) in [5, 5.41) is 10.0. The predicted octanol–water partition coefficient (Wildman–Crippen LogP) is 5.02. The third-order valence-electron chi connectivity index (χ3n) is 10.8. The van der Waals surface area contributed by atoms with E-state index in [4.69, 9.17) is 21.7 Å². The first-order valence-electron chi connectivity index (χ1n) is 18.1. The molecule has 3 aromatic heterocycles. The Labute approximate surface area is 318 Å². The highest BCUT2D eigenvalue weighted by Crippen LogP contribution is 2.44. The standard InChI is InChI=1S/C37H40ClF3N10O4/c1-21-17-27(43-20-42-21)32(53)49-15-13-36(14-16-49)12-4-5-28-30(36)33(54)51-34(46-31(47-51)22-6-9-24(10-7-22)44-35(55)48(2)3)50(28)19-29(52)45-26-11-8-23(18-25(26)38)37(39,40)41/h6,8,11,17-18,20,24H,4-5,7,9-10,12-16,19H2,1-3H3,(H,44,55)(H,45,52). The number of fused-ring (bicyclic) bond motifs is 3. The van der Waals surface area contributed by atoms with Crippen LogP contribution in [-0.4, -0.2) is 90.0 Å². The van der Waals surface area contributed by atoms with Crippen molar-refractivity contribution in [1.29, 1.82) is 0 Å². The second kappa shape index (κ2) is 14.7. The monoisotopic (exact) mass is 780 g/mol. The van der Waals surface area contributed by atoms with Gasteiger partial charge in [0.1, 0.15) is 18.6 Å². The van der Waals surface area contributed by atoms with Gasteiger partial charge in [0.15, 0.2) is 5.82 Å². The number of aryl methyl sites for hydroxylation is 1. The molecule has 1 aliphatic heterocycles. The first-order valence-corrected chi connectivity index (χ1v) is 18.5. The SMILES string of the molecule is Cc1cc(C(=O)N2CCC3(CCCc4c3c(=O)n3nc(C5=CCC(NC(=O)N(C)C)CC5)nc3n4CC(=O)Nc3ccc(C(F)(F)F)cc3Cl)CC2)ncn1. The van der Waals surface area contributed by atoms with Gasteiger partial charge in [0.25, 0.3) is 11.5 Å². The van der Waals surface area contributed by atoms with Crippen LogP contribution in [0.3, 0.4) is 0 Å². The van der Waals surface area contributed by atoms with Gasteiger partial charge in [0.2, 0.25) is 11.7 Å². The summed E-state index contributed by atoms with van der Waals surface area (Å²) in [6.45, 7) is 2.22. The van der Waals surface area contributed by atoms with Gasteiger partial charge in [0.05, 0.1) is 16.3 Å². The fourth-order valence-electron chi connectivity index (χ4n) is 7.88. The van der Waals surface area contributed by atoms with Crippen LogP contribution in [0.4, 0.5) is 23.7 Å². The van der Waals surface area contributed by atoms with Gasteiger partial charge in [-0.1, -0.05) is 17.7 Å². The zero-order valence-corrected chi connectivity index (χ0v) is 31.3. The van der Waals surface area contributed by atoms with E-state index >= 15 is 0 Å². The summed E-state index contributed by atoms with van der Waals surface area (Å²) in [5.74, 6) is -0.324. The molecule has 2 N–H and O–H groups in total. The molecule has 7 rings (SSSR count). The lowest BCUT2D eigenvalue weighted by atomic mass is 9.66. The Morgan fingerprint density at radius 1 is 1.07 bits per heavy atom. The van der Waals surface area contributed by atoms with E-state index in [0.29, 0.717) is 92.9 Å². The number of nitrogens with zero attached hydrogens (tertiary/aromatic N) is 8. The Balaban J connectivity index is 1.24. The van der Waals surface area contributed by atoms with Crippen molar-refractivity contribution < 1.29 is 27.6 Å². The molecular weight excluding hydrogens is 741 g/mol. The van der Waals surface area contributed by atoms with Crippen LogP contribution in [0.5, 0.6) is 0 Å². The van der Waals surface area contributed by atoms with Gasteiger partial charge in [0, 0.05) is 55.6 Å². The number of carbonyl (C=O) groups excluding carboxylic acids is 3. The minimum Gasteiger partial charge on any atom is -0.337 e. The molecule has 1 aromatic carbocycles. The van der Waals surface area contributed by atoms with Crippen molar-refractivity contribution in [2.45, 2.75) is 82.5 Å². The maximum absolute atomic E-state index is 14.6.